The largest absolute Gasteiger partial charge is 0.481 e. The number of nitrogens with zero attached hydrogens (tertiary/aromatic N) is 1. The van der Waals surface area contributed by atoms with Gasteiger partial charge in [-0.05, 0) is 29.3 Å². The van der Waals surface area contributed by atoms with Gasteiger partial charge in [0, 0.05) is 24.0 Å². The molecule has 1 aliphatic heterocycles. The first-order chi connectivity index (χ1) is 12.5. The molecule has 2 aromatic rings. The van der Waals surface area contributed by atoms with Gasteiger partial charge in [0.1, 0.15) is 12.4 Å². The Bertz CT molecular complexity index is 814. The number of carboxylic acids is 1. The number of benzene rings is 2. The standard InChI is InChI=1S/C19H17ClFNO4/c20-13-6-7-17(21)14(8-13)15-9-22(10-16(15)18(23)24)19(25)26-11-12-4-2-1-3-5-12/h1-8,15-16H,9-11H2,(H,23,24)/t15-,16+/m0/s1. The number of ether oxygens (including phenoxy) is 1. The normalized spacial score (nSPS) is 19.4. The molecule has 1 fully saturated rings. The van der Waals surface area contributed by atoms with Crippen LogP contribution in [0, 0.1) is 11.7 Å². The highest BCUT2D eigenvalue weighted by Gasteiger charge is 2.42. The van der Waals surface area contributed by atoms with Gasteiger partial charge in [-0.15, -0.1) is 0 Å². The van der Waals surface area contributed by atoms with Gasteiger partial charge in [-0.1, -0.05) is 41.9 Å². The lowest BCUT2D eigenvalue weighted by atomic mass is 9.89. The lowest BCUT2D eigenvalue weighted by Gasteiger charge is -2.17. The number of hydrogen-bond donors (Lipinski definition) is 1. The Labute approximate surface area is 154 Å². The Balaban J connectivity index is 1.73. The van der Waals surface area contributed by atoms with Crippen molar-refractivity contribution in [3.8, 4) is 0 Å². The van der Waals surface area contributed by atoms with Crippen LogP contribution in [0.15, 0.2) is 48.5 Å². The monoisotopic (exact) mass is 377 g/mol. The van der Waals surface area contributed by atoms with E-state index in [0.29, 0.717) is 5.02 Å². The van der Waals surface area contributed by atoms with Crippen molar-refractivity contribution < 1.29 is 23.8 Å². The zero-order valence-corrected chi connectivity index (χ0v) is 14.5. The van der Waals surface area contributed by atoms with Gasteiger partial charge in [-0.25, -0.2) is 9.18 Å². The first-order valence-electron chi connectivity index (χ1n) is 8.09. The van der Waals surface area contributed by atoms with Crippen molar-refractivity contribution in [2.45, 2.75) is 12.5 Å². The number of carbonyl (C=O) groups is 2. The molecule has 3 rings (SSSR count). The lowest BCUT2D eigenvalue weighted by molar-refractivity contribution is -0.141. The molecule has 0 bridgehead atoms. The molecule has 1 amide bonds. The molecule has 1 aliphatic rings. The van der Waals surface area contributed by atoms with Gasteiger partial charge in [0.25, 0.3) is 0 Å². The molecule has 0 saturated carbocycles. The zero-order chi connectivity index (χ0) is 18.7. The number of halogens is 2. The van der Waals surface area contributed by atoms with Crippen LogP contribution in [-0.4, -0.2) is 35.2 Å². The van der Waals surface area contributed by atoms with E-state index < -0.39 is 29.7 Å². The molecule has 1 heterocycles. The zero-order valence-electron chi connectivity index (χ0n) is 13.8. The second-order valence-electron chi connectivity index (χ2n) is 6.16. The molecular formula is C19H17ClFNO4. The van der Waals surface area contributed by atoms with E-state index >= 15 is 0 Å². The van der Waals surface area contributed by atoms with E-state index in [1.54, 1.807) is 0 Å². The predicted octanol–water partition coefficient (Wildman–Crippen LogP) is 3.92. The Hall–Kier alpha value is -2.60. The van der Waals surface area contributed by atoms with Crippen LogP contribution in [0.4, 0.5) is 9.18 Å². The first-order valence-corrected chi connectivity index (χ1v) is 8.47. The smallest absolute Gasteiger partial charge is 0.410 e. The molecule has 0 aromatic heterocycles. The summed E-state index contributed by atoms with van der Waals surface area (Å²) in [7, 11) is 0. The average molecular weight is 378 g/mol. The van der Waals surface area contributed by atoms with Crippen molar-refractivity contribution in [1.29, 1.82) is 0 Å². The average Bonchev–Trinajstić information content (AvgIpc) is 3.08. The topological polar surface area (TPSA) is 66.8 Å². The maximum atomic E-state index is 14.2. The van der Waals surface area contributed by atoms with E-state index in [1.807, 2.05) is 30.3 Å². The van der Waals surface area contributed by atoms with Crippen molar-refractivity contribution >= 4 is 23.7 Å². The number of amides is 1. The summed E-state index contributed by atoms with van der Waals surface area (Å²) in [6.07, 6.45) is -0.620. The van der Waals surface area contributed by atoms with Crippen LogP contribution in [0.1, 0.15) is 17.0 Å². The molecule has 1 saturated heterocycles. The van der Waals surface area contributed by atoms with Gasteiger partial charge in [0.2, 0.25) is 0 Å². The van der Waals surface area contributed by atoms with Gasteiger partial charge < -0.3 is 14.7 Å². The minimum absolute atomic E-state index is 0.0421. The third-order valence-electron chi connectivity index (χ3n) is 4.46. The highest BCUT2D eigenvalue weighted by Crippen LogP contribution is 2.35. The number of rotatable bonds is 4. The number of hydrogen-bond acceptors (Lipinski definition) is 3. The second kappa shape index (κ2) is 7.74. The molecule has 2 atom stereocenters. The highest BCUT2D eigenvalue weighted by atomic mass is 35.5. The minimum atomic E-state index is -1.09. The fraction of sp³-hybridized carbons (Fsp3) is 0.263. The van der Waals surface area contributed by atoms with Crippen LogP contribution < -0.4 is 0 Å². The Morgan fingerprint density at radius 3 is 2.62 bits per heavy atom. The van der Waals surface area contributed by atoms with Crippen LogP contribution in [0.3, 0.4) is 0 Å². The molecule has 1 N–H and O–H groups in total. The molecule has 0 spiro atoms. The first kappa shape index (κ1) is 18.2. The number of carbonyl (C=O) groups excluding carboxylic acids is 1. The van der Waals surface area contributed by atoms with E-state index in [0.717, 1.165) is 5.56 Å². The highest BCUT2D eigenvalue weighted by molar-refractivity contribution is 6.30. The van der Waals surface area contributed by atoms with Crippen LogP contribution in [0.25, 0.3) is 0 Å². The summed E-state index contributed by atoms with van der Waals surface area (Å²) in [5, 5.41) is 9.79. The van der Waals surface area contributed by atoms with Crippen molar-refractivity contribution in [2.24, 2.45) is 5.92 Å². The summed E-state index contributed by atoms with van der Waals surface area (Å²) in [4.78, 5) is 25.2. The summed E-state index contributed by atoms with van der Waals surface area (Å²) in [5.41, 5.74) is 1.02. The van der Waals surface area contributed by atoms with Crippen LogP contribution in [0.2, 0.25) is 5.02 Å². The summed E-state index contributed by atoms with van der Waals surface area (Å²) < 4.78 is 19.4. The SMILES string of the molecule is O=C(O)[C@@H]1CN(C(=O)OCc2ccccc2)C[C@H]1c1cc(Cl)ccc1F. The Morgan fingerprint density at radius 1 is 1.19 bits per heavy atom. The van der Waals surface area contributed by atoms with E-state index in [2.05, 4.69) is 0 Å². The molecule has 7 heteroatoms. The van der Waals surface area contributed by atoms with E-state index in [4.69, 9.17) is 16.3 Å². The van der Waals surface area contributed by atoms with Crippen molar-refractivity contribution in [3.05, 3.63) is 70.5 Å². The van der Waals surface area contributed by atoms with Crippen LogP contribution >= 0.6 is 11.6 Å². The molecule has 2 aromatic carbocycles. The maximum absolute atomic E-state index is 14.2. The fourth-order valence-corrected chi connectivity index (χ4v) is 3.31. The van der Waals surface area contributed by atoms with Crippen molar-refractivity contribution in [3.63, 3.8) is 0 Å². The van der Waals surface area contributed by atoms with Crippen molar-refractivity contribution in [1.82, 2.24) is 4.90 Å². The maximum Gasteiger partial charge on any atom is 0.410 e. The molecular weight excluding hydrogens is 361 g/mol. The van der Waals surface area contributed by atoms with Gasteiger partial charge in [0.15, 0.2) is 0 Å². The van der Waals surface area contributed by atoms with Gasteiger partial charge in [-0.3, -0.25) is 4.79 Å². The second-order valence-corrected chi connectivity index (χ2v) is 6.60. The summed E-state index contributed by atoms with van der Waals surface area (Å²) in [6, 6.07) is 13.2. The Morgan fingerprint density at radius 2 is 1.92 bits per heavy atom. The Kier molecular flexibility index (Phi) is 5.42. The quantitative estimate of drug-likeness (QED) is 0.877. The number of likely N-dealkylation sites (tertiary alicyclic amines) is 1. The molecule has 26 heavy (non-hydrogen) atoms. The predicted molar refractivity (Wildman–Crippen MR) is 93.5 cm³/mol. The van der Waals surface area contributed by atoms with E-state index in [1.165, 1.54) is 23.1 Å². The molecule has 0 radical (unpaired) electrons. The summed E-state index contributed by atoms with van der Waals surface area (Å²) in [6.45, 7) is 0.103. The van der Waals surface area contributed by atoms with Crippen LogP contribution in [-0.2, 0) is 16.1 Å². The van der Waals surface area contributed by atoms with Gasteiger partial charge in [-0.2, -0.15) is 0 Å². The third-order valence-corrected chi connectivity index (χ3v) is 4.69. The molecule has 0 unspecified atom stereocenters. The minimum Gasteiger partial charge on any atom is -0.481 e. The summed E-state index contributed by atoms with van der Waals surface area (Å²) >= 11 is 5.92. The third kappa shape index (κ3) is 3.96. The van der Waals surface area contributed by atoms with Crippen LogP contribution in [0.5, 0.6) is 0 Å². The van der Waals surface area contributed by atoms with Gasteiger partial charge in [0.05, 0.1) is 5.92 Å². The molecule has 0 aliphatic carbocycles. The lowest BCUT2D eigenvalue weighted by Crippen LogP contribution is -2.30. The van der Waals surface area contributed by atoms with E-state index in [-0.39, 0.29) is 25.3 Å². The van der Waals surface area contributed by atoms with Crippen molar-refractivity contribution in [2.75, 3.05) is 13.1 Å². The van der Waals surface area contributed by atoms with E-state index in [9.17, 15) is 19.1 Å². The number of carboxylic acid groups (broad SMARTS) is 1. The van der Waals surface area contributed by atoms with Gasteiger partial charge >= 0.3 is 12.1 Å². The number of aliphatic carboxylic acids is 1. The fourth-order valence-electron chi connectivity index (χ4n) is 3.13. The summed E-state index contributed by atoms with van der Waals surface area (Å²) in [5.74, 6) is -3.24. The molecule has 5 nitrogen and oxygen atoms in total. The molecule has 136 valence electrons.